The van der Waals surface area contributed by atoms with Crippen molar-refractivity contribution in [2.75, 3.05) is 0 Å². The summed E-state index contributed by atoms with van der Waals surface area (Å²) < 4.78 is 0. The SMILES string of the molecule is O=C(c1ccccc1)c1ccc2c(C(=O)c3ccccc3)cc3cccc4ccc1c2c43. The summed E-state index contributed by atoms with van der Waals surface area (Å²) in [5.74, 6) is -0.0278. The number of carbonyl (C=O) groups excluding carboxylic acids is 2. The van der Waals surface area contributed by atoms with Crippen LogP contribution in [0.4, 0.5) is 0 Å². The van der Waals surface area contributed by atoms with Crippen molar-refractivity contribution in [3.8, 4) is 0 Å². The van der Waals surface area contributed by atoms with Gasteiger partial charge in [-0.3, -0.25) is 9.59 Å². The van der Waals surface area contributed by atoms with Crippen molar-refractivity contribution in [3.05, 3.63) is 131 Å². The molecule has 0 radical (unpaired) electrons. The number of ketones is 2. The van der Waals surface area contributed by atoms with Crippen LogP contribution in [0, 0.1) is 0 Å². The molecule has 0 heterocycles. The number of benzene rings is 6. The molecule has 0 aliphatic carbocycles. The summed E-state index contributed by atoms with van der Waals surface area (Å²) in [5, 5.41) is 5.92. The highest BCUT2D eigenvalue weighted by atomic mass is 16.1. The van der Waals surface area contributed by atoms with E-state index in [1.54, 1.807) is 0 Å². The summed E-state index contributed by atoms with van der Waals surface area (Å²) in [6, 6.07) is 34.6. The molecule has 0 aromatic heterocycles. The molecule has 2 heteroatoms. The summed E-state index contributed by atoms with van der Waals surface area (Å²) in [6.45, 7) is 0. The van der Waals surface area contributed by atoms with Crippen molar-refractivity contribution in [2.45, 2.75) is 0 Å². The van der Waals surface area contributed by atoms with E-state index >= 15 is 0 Å². The lowest BCUT2D eigenvalue weighted by molar-refractivity contribution is 0.103. The smallest absolute Gasteiger partial charge is 0.193 e. The largest absolute Gasteiger partial charge is 0.289 e. The number of carbonyl (C=O) groups is 2. The second-order valence-corrected chi connectivity index (χ2v) is 8.04. The molecule has 0 aliphatic heterocycles. The van der Waals surface area contributed by atoms with Gasteiger partial charge in [0.15, 0.2) is 11.6 Å². The number of hydrogen-bond acceptors (Lipinski definition) is 2. The van der Waals surface area contributed by atoms with Gasteiger partial charge in [-0.25, -0.2) is 0 Å². The Labute approximate surface area is 185 Å². The molecule has 0 amide bonds. The van der Waals surface area contributed by atoms with Gasteiger partial charge in [0, 0.05) is 22.3 Å². The van der Waals surface area contributed by atoms with Crippen molar-refractivity contribution in [1.82, 2.24) is 0 Å². The van der Waals surface area contributed by atoms with E-state index in [0.717, 1.165) is 32.3 Å². The van der Waals surface area contributed by atoms with Crippen molar-refractivity contribution in [1.29, 1.82) is 0 Å². The fourth-order valence-electron chi connectivity index (χ4n) is 4.71. The minimum atomic E-state index is -0.0144. The van der Waals surface area contributed by atoms with E-state index < -0.39 is 0 Å². The highest BCUT2D eigenvalue weighted by molar-refractivity contribution is 6.32. The number of hydrogen-bond donors (Lipinski definition) is 0. The zero-order valence-electron chi connectivity index (χ0n) is 17.2. The molecule has 150 valence electrons. The van der Waals surface area contributed by atoms with Crippen LogP contribution >= 0.6 is 0 Å². The van der Waals surface area contributed by atoms with Gasteiger partial charge in [-0.15, -0.1) is 0 Å². The molecular weight excluding hydrogens is 392 g/mol. The van der Waals surface area contributed by atoms with Gasteiger partial charge in [0.1, 0.15) is 0 Å². The molecule has 0 aliphatic rings. The predicted octanol–water partition coefficient (Wildman–Crippen LogP) is 7.05. The summed E-state index contributed by atoms with van der Waals surface area (Å²) in [5.41, 5.74) is 2.62. The Morgan fingerprint density at radius 1 is 0.438 bits per heavy atom. The van der Waals surface area contributed by atoms with E-state index in [4.69, 9.17) is 0 Å². The highest BCUT2D eigenvalue weighted by Gasteiger charge is 2.21. The predicted molar refractivity (Wildman–Crippen MR) is 130 cm³/mol. The maximum Gasteiger partial charge on any atom is 0.193 e. The van der Waals surface area contributed by atoms with Gasteiger partial charge in [-0.1, -0.05) is 97.1 Å². The summed E-state index contributed by atoms with van der Waals surface area (Å²) >= 11 is 0. The van der Waals surface area contributed by atoms with Crippen molar-refractivity contribution >= 4 is 43.9 Å². The molecule has 6 aromatic rings. The van der Waals surface area contributed by atoms with Crippen LogP contribution in [0.15, 0.2) is 109 Å². The first kappa shape index (κ1) is 18.5. The Hall–Kier alpha value is -4.30. The van der Waals surface area contributed by atoms with Gasteiger partial charge in [-0.2, -0.15) is 0 Å². The lowest BCUT2D eigenvalue weighted by Gasteiger charge is -2.16. The molecule has 0 spiro atoms. The molecule has 0 unspecified atom stereocenters. The van der Waals surface area contributed by atoms with E-state index in [1.165, 1.54) is 0 Å². The second-order valence-electron chi connectivity index (χ2n) is 8.04. The average molecular weight is 410 g/mol. The molecule has 0 saturated carbocycles. The first-order valence-electron chi connectivity index (χ1n) is 10.6. The Kier molecular flexibility index (Phi) is 4.12. The zero-order chi connectivity index (χ0) is 21.7. The van der Waals surface area contributed by atoms with Gasteiger partial charge in [0.2, 0.25) is 0 Å². The molecule has 0 bridgehead atoms. The maximum absolute atomic E-state index is 13.5. The van der Waals surface area contributed by atoms with Crippen LogP contribution in [0.3, 0.4) is 0 Å². The van der Waals surface area contributed by atoms with Crippen LogP contribution in [-0.4, -0.2) is 11.6 Å². The lowest BCUT2D eigenvalue weighted by Crippen LogP contribution is -2.05. The summed E-state index contributed by atoms with van der Waals surface area (Å²) in [4.78, 5) is 26.8. The third-order valence-corrected chi connectivity index (χ3v) is 6.21. The van der Waals surface area contributed by atoms with Crippen LogP contribution in [0.25, 0.3) is 32.3 Å². The summed E-state index contributed by atoms with van der Waals surface area (Å²) in [6.07, 6.45) is 0. The van der Waals surface area contributed by atoms with E-state index in [1.807, 2.05) is 97.1 Å². The Balaban J connectivity index is 1.69. The molecule has 32 heavy (non-hydrogen) atoms. The molecule has 0 fully saturated rings. The maximum atomic E-state index is 13.5. The van der Waals surface area contributed by atoms with E-state index in [2.05, 4.69) is 12.1 Å². The first-order valence-corrected chi connectivity index (χ1v) is 10.6. The Morgan fingerprint density at radius 3 is 1.69 bits per heavy atom. The van der Waals surface area contributed by atoms with Gasteiger partial charge in [0.25, 0.3) is 0 Å². The van der Waals surface area contributed by atoms with E-state index in [9.17, 15) is 9.59 Å². The average Bonchev–Trinajstić information content (AvgIpc) is 2.87. The normalized spacial score (nSPS) is 11.4. The fourth-order valence-corrected chi connectivity index (χ4v) is 4.71. The van der Waals surface area contributed by atoms with Gasteiger partial charge in [0.05, 0.1) is 0 Å². The lowest BCUT2D eigenvalue weighted by atomic mass is 9.86. The highest BCUT2D eigenvalue weighted by Crippen LogP contribution is 2.39. The second kappa shape index (κ2) is 7.14. The molecule has 6 rings (SSSR count). The Bertz CT molecular complexity index is 1630. The zero-order valence-corrected chi connectivity index (χ0v) is 17.2. The van der Waals surface area contributed by atoms with Crippen LogP contribution < -0.4 is 0 Å². The molecule has 2 nitrogen and oxygen atoms in total. The standard InChI is InChI=1S/C30H18O2/c31-29(20-8-3-1-4-9-20)25-17-16-24-26(30(32)21-10-5-2-6-11-21)18-22-13-7-12-19-14-15-23(25)28(24)27(19)22/h1-18H. The van der Waals surface area contributed by atoms with Gasteiger partial charge < -0.3 is 0 Å². The number of rotatable bonds is 4. The van der Waals surface area contributed by atoms with Crippen LogP contribution in [-0.2, 0) is 0 Å². The third kappa shape index (κ3) is 2.74. The van der Waals surface area contributed by atoms with Crippen LogP contribution in [0.5, 0.6) is 0 Å². The van der Waals surface area contributed by atoms with Gasteiger partial charge in [-0.05, 0) is 44.5 Å². The Morgan fingerprint density at radius 2 is 1.00 bits per heavy atom. The quantitative estimate of drug-likeness (QED) is 0.231. The van der Waals surface area contributed by atoms with Crippen molar-refractivity contribution < 1.29 is 9.59 Å². The van der Waals surface area contributed by atoms with Crippen LogP contribution in [0.2, 0.25) is 0 Å². The minimum absolute atomic E-state index is 0.0134. The molecule has 0 saturated heterocycles. The van der Waals surface area contributed by atoms with E-state index in [-0.39, 0.29) is 11.6 Å². The first-order chi connectivity index (χ1) is 15.7. The van der Waals surface area contributed by atoms with Crippen LogP contribution in [0.1, 0.15) is 31.8 Å². The molecule has 0 N–H and O–H groups in total. The van der Waals surface area contributed by atoms with Crippen molar-refractivity contribution in [3.63, 3.8) is 0 Å². The minimum Gasteiger partial charge on any atom is -0.289 e. The fraction of sp³-hybridized carbons (Fsp3) is 0. The molecule has 0 atom stereocenters. The van der Waals surface area contributed by atoms with Gasteiger partial charge >= 0.3 is 0 Å². The monoisotopic (exact) mass is 410 g/mol. The molecule has 6 aromatic carbocycles. The molecular formula is C30H18O2. The third-order valence-electron chi connectivity index (χ3n) is 6.21. The van der Waals surface area contributed by atoms with E-state index in [0.29, 0.717) is 22.3 Å². The van der Waals surface area contributed by atoms with Crippen molar-refractivity contribution in [2.24, 2.45) is 0 Å². The summed E-state index contributed by atoms with van der Waals surface area (Å²) in [7, 11) is 0. The topological polar surface area (TPSA) is 34.1 Å².